The monoisotopic (exact) mass is 309 g/mol. The maximum absolute atomic E-state index is 13.4. The molecule has 2 aliphatic rings. The van der Waals surface area contributed by atoms with Gasteiger partial charge in [-0.1, -0.05) is 30.4 Å². The van der Waals surface area contributed by atoms with Gasteiger partial charge in [0.15, 0.2) is 0 Å². The second-order valence-electron chi connectivity index (χ2n) is 5.68. The van der Waals surface area contributed by atoms with E-state index in [1.807, 2.05) is 26.0 Å². The minimum absolute atomic E-state index is 0.227. The highest BCUT2D eigenvalue weighted by Gasteiger charge is 2.18. The molecule has 1 heterocycles. The van der Waals surface area contributed by atoms with E-state index in [4.69, 9.17) is 5.73 Å². The van der Waals surface area contributed by atoms with Crippen molar-refractivity contribution in [1.29, 1.82) is 0 Å². The lowest BCUT2D eigenvalue weighted by molar-refractivity contribution is 0.663. The quantitative estimate of drug-likeness (QED) is 0.859. The van der Waals surface area contributed by atoms with E-state index in [-0.39, 0.29) is 5.83 Å². The first-order chi connectivity index (χ1) is 11.1. The lowest BCUT2D eigenvalue weighted by Crippen LogP contribution is -2.04. The maximum Gasteiger partial charge on any atom is 0.135 e. The van der Waals surface area contributed by atoms with Crippen LogP contribution in [0.3, 0.4) is 0 Å². The number of nitrogens with zero attached hydrogens (tertiary/aromatic N) is 2. The van der Waals surface area contributed by atoms with Gasteiger partial charge in [0.2, 0.25) is 0 Å². The maximum atomic E-state index is 13.4. The third kappa shape index (κ3) is 2.97. The largest absolute Gasteiger partial charge is 0.383 e. The van der Waals surface area contributed by atoms with E-state index in [1.165, 1.54) is 6.08 Å². The highest BCUT2D eigenvalue weighted by atomic mass is 19.1. The molecule has 3 nitrogen and oxygen atoms in total. The standard InChI is InChI=1S/C19H20FN3/c1-13-7-4-3-5-10-17(13)23-19(21)18(14(2)22-23)15-8-6-9-16(20)12-11-15/h4-5,7-12H,3,6,21H2,1-2H3. The van der Waals surface area contributed by atoms with Crippen LogP contribution >= 0.6 is 0 Å². The Kier molecular flexibility index (Phi) is 4.15. The van der Waals surface area contributed by atoms with Crippen molar-refractivity contribution < 1.29 is 4.39 Å². The minimum Gasteiger partial charge on any atom is -0.383 e. The molecule has 0 saturated heterocycles. The lowest BCUT2D eigenvalue weighted by atomic mass is 10.0. The van der Waals surface area contributed by atoms with Gasteiger partial charge in [-0.25, -0.2) is 9.07 Å². The van der Waals surface area contributed by atoms with Crippen LogP contribution < -0.4 is 5.73 Å². The van der Waals surface area contributed by atoms with Gasteiger partial charge >= 0.3 is 0 Å². The molecular weight excluding hydrogens is 289 g/mol. The fourth-order valence-electron chi connectivity index (χ4n) is 2.83. The molecule has 1 aromatic heterocycles. The lowest BCUT2D eigenvalue weighted by Gasteiger charge is -2.08. The molecular formula is C19H20FN3. The fraction of sp³-hybridized carbons (Fsp3) is 0.211. The van der Waals surface area contributed by atoms with Gasteiger partial charge in [0.05, 0.1) is 11.4 Å². The Morgan fingerprint density at radius 1 is 1.04 bits per heavy atom. The molecule has 0 aromatic carbocycles. The number of nitrogen functional groups attached to an aromatic ring is 1. The number of anilines is 1. The SMILES string of the molecule is CC1=C(n2nc(C)c(C3=CCC=C(F)C=C3)c2N)C=CCC=C1. The van der Waals surface area contributed by atoms with Crippen LogP contribution in [0.25, 0.3) is 11.3 Å². The number of hydrogen-bond donors (Lipinski definition) is 1. The van der Waals surface area contributed by atoms with Crippen LogP contribution in [0, 0.1) is 6.92 Å². The number of aryl methyl sites for hydroxylation is 1. The Hall–Kier alpha value is -2.62. The minimum atomic E-state index is -0.227. The van der Waals surface area contributed by atoms with Crippen molar-refractivity contribution in [3.05, 3.63) is 71.3 Å². The number of allylic oxidation sites excluding steroid dienone is 12. The van der Waals surface area contributed by atoms with Crippen LogP contribution in [0.5, 0.6) is 0 Å². The van der Waals surface area contributed by atoms with Crippen LogP contribution in [-0.4, -0.2) is 9.78 Å². The van der Waals surface area contributed by atoms with Gasteiger partial charge in [-0.05, 0) is 56.1 Å². The van der Waals surface area contributed by atoms with Crippen molar-refractivity contribution >= 4 is 17.1 Å². The van der Waals surface area contributed by atoms with E-state index in [0.29, 0.717) is 12.2 Å². The molecule has 0 fully saturated rings. The highest BCUT2D eigenvalue weighted by Crippen LogP contribution is 2.31. The zero-order valence-electron chi connectivity index (χ0n) is 13.4. The average molecular weight is 309 g/mol. The molecule has 0 unspecified atom stereocenters. The van der Waals surface area contributed by atoms with Crippen molar-refractivity contribution in [1.82, 2.24) is 9.78 Å². The normalized spacial score (nSPS) is 17.9. The zero-order valence-corrected chi connectivity index (χ0v) is 13.4. The fourth-order valence-corrected chi connectivity index (χ4v) is 2.83. The van der Waals surface area contributed by atoms with E-state index in [1.54, 1.807) is 16.8 Å². The smallest absolute Gasteiger partial charge is 0.135 e. The average Bonchev–Trinajstić information content (AvgIpc) is 2.71. The molecule has 0 bridgehead atoms. The van der Waals surface area contributed by atoms with Gasteiger partial charge in [0, 0.05) is 5.56 Å². The van der Waals surface area contributed by atoms with Gasteiger partial charge < -0.3 is 5.73 Å². The van der Waals surface area contributed by atoms with Gasteiger partial charge in [0.25, 0.3) is 0 Å². The molecule has 118 valence electrons. The summed E-state index contributed by atoms with van der Waals surface area (Å²) in [6.07, 6.45) is 16.5. The number of hydrogen-bond acceptors (Lipinski definition) is 2. The van der Waals surface area contributed by atoms with Crippen LogP contribution in [-0.2, 0) is 0 Å². The molecule has 3 rings (SSSR count). The molecule has 0 saturated carbocycles. The predicted molar refractivity (Wildman–Crippen MR) is 94.1 cm³/mol. The number of nitrogens with two attached hydrogens (primary N) is 1. The summed E-state index contributed by atoms with van der Waals surface area (Å²) in [6.45, 7) is 3.97. The van der Waals surface area contributed by atoms with Crippen LogP contribution in [0.1, 0.15) is 31.0 Å². The summed E-state index contributed by atoms with van der Waals surface area (Å²) < 4.78 is 15.2. The summed E-state index contributed by atoms with van der Waals surface area (Å²) in [5, 5.41) is 4.61. The molecule has 0 spiro atoms. The molecule has 23 heavy (non-hydrogen) atoms. The Labute approximate surface area is 135 Å². The van der Waals surface area contributed by atoms with Crippen molar-refractivity contribution in [2.75, 3.05) is 5.73 Å². The van der Waals surface area contributed by atoms with Crippen molar-refractivity contribution in [3.8, 4) is 0 Å². The van der Waals surface area contributed by atoms with E-state index >= 15 is 0 Å². The first kappa shape index (κ1) is 15.3. The Bertz CT molecular complexity index is 814. The van der Waals surface area contributed by atoms with Crippen molar-refractivity contribution in [2.45, 2.75) is 26.7 Å². The summed E-state index contributed by atoms with van der Waals surface area (Å²) in [4.78, 5) is 0. The number of halogens is 1. The van der Waals surface area contributed by atoms with E-state index in [0.717, 1.165) is 34.5 Å². The third-order valence-electron chi connectivity index (χ3n) is 4.01. The first-order valence-corrected chi connectivity index (χ1v) is 7.71. The van der Waals surface area contributed by atoms with E-state index < -0.39 is 0 Å². The van der Waals surface area contributed by atoms with Crippen molar-refractivity contribution in [3.63, 3.8) is 0 Å². The molecule has 0 aliphatic heterocycles. The van der Waals surface area contributed by atoms with Gasteiger partial charge in [-0.3, -0.25) is 0 Å². The van der Waals surface area contributed by atoms with Crippen LogP contribution in [0.2, 0.25) is 0 Å². The number of aromatic nitrogens is 2. The summed E-state index contributed by atoms with van der Waals surface area (Å²) in [5.41, 5.74) is 11.1. The summed E-state index contributed by atoms with van der Waals surface area (Å²) in [5.74, 6) is 0.352. The van der Waals surface area contributed by atoms with E-state index in [2.05, 4.69) is 23.3 Å². The highest BCUT2D eigenvalue weighted by molar-refractivity contribution is 5.84. The topological polar surface area (TPSA) is 43.8 Å². The Morgan fingerprint density at radius 2 is 1.83 bits per heavy atom. The Balaban J connectivity index is 2.09. The summed E-state index contributed by atoms with van der Waals surface area (Å²) in [7, 11) is 0. The molecule has 2 N–H and O–H groups in total. The summed E-state index contributed by atoms with van der Waals surface area (Å²) in [6, 6.07) is 0. The van der Waals surface area contributed by atoms with Crippen LogP contribution in [0.4, 0.5) is 10.2 Å². The van der Waals surface area contributed by atoms with Crippen LogP contribution in [0.15, 0.2) is 60.0 Å². The second-order valence-corrected chi connectivity index (χ2v) is 5.68. The summed E-state index contributed by atoms with van der Waals surface area (Å²) >= 11 is 0. The van der Waals surface area contributed by atoms with Gasteiger partial charge in [-0.2, -0.15) is 5.10 Å². The van der Waals surface area contributed by atoms with Gasteiger partial charge in [0.1, 0.15) is 11.6 Å². The predicted octanol–water partition coefficient (Wildman–Crippen LogP) is 4.72. The van der Waals surface area contributed by atoms with Gasteiger partial charge in [-0.15, -0.1) is 0 Å². The molecule has 0 amide bonds. The molecule has 2 aliphatic carbocycles. The molecule has 4 heteroatoms. The third-order valence-corrected chi connectivity index (χ3v) is 4.01. The molecule has 0 radical (unpaired) electrons. The van der Waals surface area contributed by atoms with E-state index in [9.17, 15) is 4.39 Å². The van der Waals surface area contributed by atoms with Crippen molar-refractivity contribution in [2.24, 2.45) is 0 Å². The molecule has 1 aromatic rings. The Morgan fingerprint density at radius 3 is 2.65 bits per heavy atom. The molecule has 0 atom stereocenters. The number of rotatable bonds is 2. The first-order valence-electron chi connectivity index (χ1n) is 7.71. The zero-order chi connectivity index (χ0) is 16.4. The second kappa shape index (κ2) is 6.24.